The van der Waals surface area contributed by atoms with Gasteiger partial charge in [0.25, 0.3) is 0 Å². The SMILES string of the molecule is O=S(=O)(c1ccc(F)cc1)N1CCC(Oc2cc(N3CCCC3)ncn2)C1. The van der Waals surface area contributed by atoms with E-state index in [2.05, 4.69) is 14.9 Å². The zero-order chi connectivity index (χ0) is 18.9. The first-order valence-electron chi connectivity index (χ1n) is 9.02. The Morgan fingerprint density at radius 3 is 2.56 bits per heavy atom. The molecule has 27 heavy (non-hydrogen) atoms. The third-order valence-electron chi connectivity index (χ3n) is 4.90. The first-order chi connectivity index (χ1) is 13.0. The van der Waals surface area contributed by atoms with Gasteiger partial charge in [-0.15, -0.1) is 0 Å². The Kier molecular flexibility index (Phi) is 4.96. The molecule has 0 radical (unpaired) electrons. The fourth-order valence-electron chi connectivity index (χ4n) is 3.45. The Morgan fingerprint density at radius 2 is 1.81 bits per heavy atom. The summed E-state index contributed by atoms with van der Waals surface area (Å²) < 4.78 is 45.7. The van der Waals surface area contributed by atoms with E-state index in [1.54, 1.807) is 0 Å². The number of benzene rings is 1. The molecule has 2 aliphatic rings. The summed E-state index contributed by atoms with van der Waals surface area (Å²) in [7, 11) is -3.66. The Labute approximate surface area is 157 Å². The molecule has 0 N–H and O–H groups in total. The van der Waals surface area contributed by atoms with Crippen molar-refractivity contribution in [2.24, 2.45) is 0 Å². The van der Waals surface area contributed by atoms with E-state index in [1.807, 2.05) is 6.07 Å². The quantitative estimate of drug-likeness (QED) is 0.775. The average Bonchev–Trinajstić information content (AvgIpc) is 3.35. The fourth-order valence-corrected chi connectivity index (χ4v) is 4.94. The highest BCUT2D eigenvalue weighted by atomic mass is 32.2. The molecular weight excluding hydrogens is 371 g/mol. The molecule has 144 valence electrons. The normalized spacial score (nSPS) is 20.9. The lowest BCUT2D eigenvalue weighted by Gasteiger charge is -2.19. The molecule has 1 atom stereocenters. The van der Waals surface area contributed by atoms with Crippen molar-refractivity contribution in [1.82, 2.24) is 14.3 Å². The summed E-state index contributed by atoms with van der Waals surface area (Å²) in [6.07, 6.45) is 4.08. The molecule has 0 saturated carbocycles. The van der Waals surface area contributed by atoms with Crippen LogP contribution in [0.4, 0.5) is 10.2 Å². The monoisotopic (exact) mass is 392 g/mol. The number of halogens is 1. The minimum absolute atomic E-state index is 0.0860. The summed E-state index contributed by atoms with van der Waals surface area (Å²) in [6, 6.07) is 6.68. The van der Waals surface area contributed by atoms with Gasteiger partial charge >= 0.3 is 0 Å². The predicted octanol–water partition coefficient (Wildman–Crippen LogP) is 2.06. The minimum atomic E-state index is -3.66. The van der Waals surface area contributed by atoms with Crippen molar-refractivity contribution in [1.29, 1.82) is 0 Å². The standard InChI is InChI=1S/C18H21FN4O3S/c19-14-3-5-16(6-4-14)27(24,25)23-10-7-15(12-23)26-18-11-17(20-13-21-18)22-8-1-2-9-22/h3-6,11,13,15H,1-2,7-10,12H2. The van der Waals surface area contributed by atoms with Crippen molar-refractivity contribution in [2.45, 2.75) is 30.3 Å². The predicted molar refractivity (Wildman–Crippen MR) is 97.7 cm³/mol. The number of rotatable bonds is 5. The van der Waals surface area contributed by atoms with Crippen LogP contribution in [0.1, 0.15) is 19.3 Å². The third kappa shape index (κ3) is 3.89. The molecule has 0 spiro atoms. The molecule has 0 amide bonds. The van der Waals surface area contributed by atoms with E-state index in [9.17, 15) is 12.8 Å². The Hall–Kier alpha value is -2.26. The molecule has 0 bridgehead atoms. The molecule has 2 fully saturated rings. The van der Waals surface area contributed by atoms with E-state index in [0.717, 1.165) is 43.9 Å². The van der Waals surface area contributed by atoms with E-state index < -0.39 is 15.8 Å². The Bertz CT molecular complexity index is 901. The maximum atomic E-state index is 13.1. The van der Waals surface area contributed by atoms with Crippen molar-refractivity contribution in [3.8, 4) is 5.88 Å². The first-order valence-corrected chi connectivity index (χ1v) is 10.5. The summed E-state index contributed by atoms with van der Waals surface area (Å²) >= 11 is 0. The largest absolute Gasteiger partial charge is 0.473 e. The lowest BCUT2D eigenvalue weighted by molar-refractivity contribution is 0.206. The van der Waals surface area contributed by atoms with Crippen LogP contribution in [0.3, 0.4) is 0 Å². The maximum Gasteiger partial charge on any atom is 0.243 e. The van der Waals surface area contributed by atoms with Crippen molar-refractivity contribution in [2.75, 3.05) is 31.1 Å². The van der Waals surface area contributed by atoms with Crippen LogP contribution in [0.5, 0.6) is 5.88 Å². The molecule has 1 aromatic carbocycles. The molecule has 1 aromatic heterocycles. The molecule has 1 unspecified atom stereocenters. The van der Waals surface area contributed by atoms with Crippen LogP contribution in [0.15, 0.2) is 41.6 Å². The van der Waals surface area contributed by atoms with Gasteiger partial charge in [0.1, 0.15) is 24.1 Å². The van der Waals surface area contributed by atoms with Gasteiger partial charge < -0.3 is 9.64 Å². The minimum Gasteiger partial charge on any atom is -0.473 e. The average molecular weight is 392 g/mol. The zero-order valence-corrected chi connectivity index (χ0v) is 15.6. The third-order valence-corrected chi connectivity index (χ3v) is 6.78. The molecule has 3 heterocycles. The molecular formula is C18H21FN4O3S. The van der Waals surface area contributed by atoms with Crippen LogP contribution in [-0.4, -0.2) is 55.0 Å². The highest BCUT2D eigenvalue weighted by molar-refractivity contribution is 7.89. The van der Waals surface area contributed by atoms with E-state index in [0.29, 0.717) is 18.8 Å². The Morgan fingerprint density at radius 1 is 1.07 bits per heavy atom. The van der Waals surface area contributed by atoms with Gasteiger partial charge in [-0.3, -0.25) is 0 Å². The van der Waals surface area contributed by atoms with Gasteiger partial charge in [-0.2, -0.15) is 4.31 Å². The van der Waals surface area contributed by atoms with Crippen molar-refractivity contribution in [3.63, 3.8) is 0 Å². The second kappa shape index (κ2) is 7.40. The maximum absolute atomic E-state index is 13.1. The summed E-state index contributed by atoms with van der Waals surface area (Å²) in [5.41, 5.74) is 0. The number of sulfonamides is 1. The number of hydrogen-bond donors (Lipinski definition) is 0. The van der Waals surface area contributed by atoms with Crippen LogP contribution >= 0.6 is 0 Å². The lowest BCUT2D eigenvalue weighted by atomic mass is 10.3. The number of anilines is 1. The summed E-state index contributed by atoms with van der Waals surface area (Å²) in [6.45, 7) is 2.55. The van der Waals surface area contributed by atoms with Gasteiger partial charge in [0.2, 0.25) is 15.9 Å². The Balaban J connectivity index is 1.42. The number of hydrogen-bond acceptors (Lipinski definition) is 6. The van der Waals surface area contributed by atoms with E-state index in [-0.39, 0.29) is 17.5 Å². The first kappa shape index (κ1) is 18.1. The second-order valence-corrected chi connectivity index (χ2v) is 8.69. The summed E-state index contributed by atoms with van der Waals surface area (Å²) in [5, 5.41) is 0. The van der Waals surface area contributed by atoms with Gasteiger partial charge in [-0.05, 0) is 43.5 Å². The molecule has 2 aromatic rings. The van der Waals surface area contributed by atoms with Gasteiger partial charge in [0.05, 0.1) is 11.4 Å². The number of aromatic nitrogens is 2. The second-order valence-electron chi connectivity index (χ2n) is 6.75. The van der Waals surface area contributed by atoms with Crippen LogP contribution in [0.2, 0.25) is 0 Å². The summed E-state index contributed by atoms with van der Waals surface area (Å²) in [5.74, 6) is 0.832. The smallest absolute Gasteiger partial charge is 0.243 e. The highest BCUT2D eigenvalue weighted by Crippen LogP contribution is 2.25. The van der Waals surface area contributed by atoms with Gasteiger partial charge in [0, 0.05) is 25.7 Å². The molecule has 4 rings (SSSR count). The van der Waals surface area contributed by atoms with E-state index >= 15 is 0 Å². The van der Waals surface area contributed by atoms with Crippen LogP contribution in [-0.2, 0) is 10.0 Å². The molecule has 7 nitrogen and oxygen atoms in total. The number of ether oxygens (including phenoxy) is 1. The van der Waals surface area contributed by atoms with E-state index in [1.165, 1.54) is 22.8 Å². The number of nitrogens with zero attached hydrogens (tertiary/aromatic N) is 4. The van der Waals surface area contributed by atoms with Gasteiger partial charge in [-0.25, -0.2) is 22.8 Å². The van der Waals surface area contributed by atoms with Gasteiger partial charge in [0.15, 0.2) is 0 Å². The molecule has 2 saturated heterocycles. The van der Waals surface area contributed by atoms with Crippen LogP contribution in [0, 0.1) is 5.82 Å². The van der Waals surface area contributed by atoms with E-state index in [4.69, 9.17) is 4.74 Å². The van der Waals surface area contributed by atoms with Gasteiger partial charge in [-0.1, -0.05) is 0 Å². The van der Waals surface area contributed by atoms with Crippen molar-refractivity contribution >= 4 is 15.8 Å². The highest BCUT2D eigenvalue weighted by Gasteiger charge is 2.34. The fraction of sp³-hybridized carbons (Fsp3) is 0.444. The molecule has 0 aliphatic carbocycles. The zero-order valence-electron chi connectivity index (χ0n) is 14.8. The molecule has 2 aliphatic heterocycles. The van der Waals surface area contributed by atoms with Crippen LogP contribution < -0.4 is 9.64 Å². The van der Waals surface area contributed by atoms with Crippen LogP contribution in [0.25, 0.3) is 0 Å². The van der Waals surface area contributed by atoms with Crippen molar-refractivity contribution in [3.05, 3.63) is 42.5 Å². The lowest BCUT2D eigenvalue weighted by Crippen LogP contribution is -2.31. The topological polar surface area (TPSA) is 75.6 Å². The summed E-state index contributed by atoms with van der Waals surface area (Å²) in [4.78, 5) is 10.7. The van der Waals surface area contributed by atoms with Crippen molar-refractivity contribution < 1.29 is 17.5 Å². The molecule has 9 heteroatoms.